The number of likely N-dealkylation sites (N-methyl/N-ethyl adjacent to an activating group) is 2. The normalized spacial score (nSPS) is 24.7. The Hall–Kier alpha value is -1.22. The van der Waals surface area contributed by atoms with Crippen LogP contribution >= 0.6 is 0 Å². The van der Waals surface area contributed by atoms with E-state index in [2.05, 4.69) is 53.2 Å². The molecule has 0 bridgehead atoms. The van der Waals surface area contributed by atoms with Crippen LogP contribution in [0.25, 0.3) is 0 Å². The molecule has 2 saturated heterocycles. The number of ether oxygens (including phenoxy) is 1. The molecule has 0 radical (unpaired) electrons. The lowest BCUT2D eigenvalue weighted by Gasteiger charge is -2.36. The van der Waals surface area contributed by atoms with Crippen LogP contribution in [0.15, 0.2) is 0 Å². The fraction of sp³-hybridized carbons (Fsp3) is 0.900. The SMILES string of the molecule is CCN1CCOCC1C(=O)NC(CNC(=O)C(C)N1CCN(C)CC1)C(C)C. The second kappa shape index (κ2) is 11.1. The van der Waals surface area contributed by atoms with Crippen molar-refractivity contribution in [3.05, 3.63) is 0 Å². The van der Waals surface area contributed by atoms with Crippen molar-refractivity contribution in [2.24, 2.45) is 5.92 Å². The number of nitrogens with zero attached hydrogens (tertiary/aromatic N) is 3. The molecule has 8 nitrogen and oxygen atoms in total. The van der Waals surface area contributed by atoms with Gasteiger partial charge in [-0.25, -0.2) is 0 Å². The van der Waals surface area contributed by atoms with Gasteiger partial charge in [0.05, 0.1) is 19.3 Å². The van der Waals surface area contributed by atoms with Crippen LogP contribution < -0.4 is 10.6 Å². The van der Waals surface area contributed by atoms with Gasteiger partial charge >= 0.3 is 0 Å². The number of nitrogens with one attached hydrogen (secondary N) is 2. The molecule has 162 valence electrons. The van der Waals surface area contributed by atoms with E-state index in [9.17, 15) is 9.59 Å². The summed E-state index contributed by atoms with van der Waals surface area (Å²) in [7, 11) is 2.11. The largest absolute Gasteiger partial charge is 0.378 e. The average molecular weight is 398 g/mol. The van der Waals surface area contributed by atoms with Gasteiger partial charge in [-0.15, -0.1) is 0 Å². The molecular formula is C20H39N5O3. The Morgan fingerprint density at radius 2 is 1.79 bits per heavy atom. The predicted octanol–water partition coefficient (Wildman–Crippen LogP) is -0.400. The zero-order chi connectivity index (χ0) is 20.7. The van der Waals surface area contributed by atoms with E-state index in [0.29, 0.717) is 19.8 Å². The van der Waals surface area contributed by atoms with Gasteiger partial charge < -0.3 is 20.3 Å². The number of carbonyl (C=O) groups is 2. The third-order valence-electron chi connectivity index (χ3n) is 6.04. The predicted molar refractivity (Wildman–Crippen MR) is 110 cm³/mol. The summed E-state index contributed by atoms with van der Waals surface area (Å²) < 4.78 is 5.50. The Bertz CT molecular complexity index is 508. The maximum absolute atomic E-state index is 12.8. The summed E-state index contributed by atoms with van der Waals surface area (Å²) in [4.78, 5) is 32.0. The van der Waals surface area contributed by atoms with E-state index in [0.717, 1.165) is 39.3 Å². The number of hydrogen-bond acceptors (Lipinski definition) is 6. The van der Waals surface area contributed by atoms with Gasteiger partial charge in [0.2, 0.25) is 11.8 Å². The van der Waals surface area contributed by atoms with Gasteiger partial charge in [-0.1, -0.05) is 20.8 Å². The lowest BCUT2D eigenvalue weighted by Crippen LogP contribution is -2.58. The van der Waals surface area contributed by atoms with E-state index in [1.807, 2.05) is 6.92 Å². The average Bonchev–Trinajstić information content (AvgIpc) is 2.70. The van der Waals surface area contributed by atoms with Gasteiger partial charge in [0.25, 0.3) is 0 Å². The van der Waals surface area contributed by atoms with Crippen molar-refractivity contribution in [1.82, 2.24) is 25.3 Å². The molecular weight excluding hydrogens is 358 g/mol. The van der Waals surface area contributed by atoms with Gasteiger partial charge in [-0.05, 0) is 26.4 Å². The maximum Gasteiger partial charge on any atom is 0.240 e. The van der Waals surface area contributed by atoms with Crippen molar-refractivity contribution >= 4 is 11.8 Å². The molecule has 0 aromatic heterocycles. The van der Waals surface area contributed by atoms with E-state index in [1.54, 1.807) is 0 Å². The van der Waals surface area contributed by atoms with Crippen LogP contribution in [0, 0.1) is 5.92 Å². The molecule has 0 spiro atoms. The van der Waals surface area contributed by atoms with Crippen molar-refractivity contribution in [1.29, 1.82) is 0 Å². The Balaban J connectivity index is 1.84. The van der Waals surface area contributed by atoms with Crippen LogP contribution in [-0.4, -0.2) is 111 Å². The summed E-state index contributed by atoms with van der Waals surface area (Å²) >= 11 is 0. The third-order valence-corrected chi connectivity index (χ3v) is 6.04. The molecule has 2 heterocycles. The van der Waals surface area contributed by atoms with Crippen molar-refractivity contribution in [3.8, 4) is 0 Å². The summed E-state index contributed by atoms with van der Waals surface area (Å²) in [5, 5.41) is 6.19. The molecule has 0 aliphatic carbocycles. The number of hydrogen-bond donors (Lipinski definition) is 2. The Kier molecular flexibility index (Phi) is 9.14. The summed E-state index contributed by atoms with van der Waals surface area (Å²) in [5.41, 5.74) is 0. The van der Waals surface area contributed by atoms with Gasteiger partial charge in [0.1, 0.15) is 6.04 Å². The highest BCUT2D eigenvalue weighted by Crippen LogP contribution is 2.09. The van der Waals surface area contributed by atoms with Crippen LogP contribution in [-0.2, 0) is 14.3 Å². The van der Waals surface area contributed by atoms with Crippen LogP contribution in [0.1, 0.15) is 27.7 Å². The Morgan fingerprint density at radius 3 is 2.39 bits per heavy atom. The summed E-state index contributed by atoms with van der Waals surface area (Å²) in [6.07, 6.45) is 0. The highest BCUT2D eigenvalue weighted by Gasteiger charge is 2.31. The van der Waals surface area contributed by atoms with Gasteiger partial charge in [0.15, 0.2) is 0 Å². The number of amides is 2. The Labute approximate surface area is 169 Å². The fourth-order valence-electron chi connectivity index (χ4n) is 3.72. The molecule has 0 aromatic carbocycles. The molecule has 8 heteroatoms. The van der Waals surface area contributed by atoms with Crippen molar-refractivity contribution in [2.45, 2.75) is 45.8 Å². The standard InChI is InChI=1S/C20H39N5O3/c1-6-24-11-12-28-14-18(24)20(27)22-17(15(2)3)13-21-19(26)16(4)25-9-7-23(5)8-10-25/h15-18H,6-14H2,1-5H3,(H,21,26)(H,22,27). The van der Waals surface area contributed by atoms with Crippen LogP contribution in [0.4, 0.5) is 0 Å². The lowest BCUT2D eigenvalue weighted by atomic mass is 10.0. The summed E-state index contributed by atoms with van der Waals surface area (Å²) in [6.45, 7) is 15.1. The first kappa shape index (κ1) is 23.1. The van der Waals surface area contributed by atoms with Crippen LogP contribution in [0.3, 0.4) is 0 Å². The number of rotatable bonds is 8. The number of piperazine rings is 1. The molecule has 2 amide bonds. The second-order valence-electron chi connectivity index (χ2n) is 8.34. The fourth-order valence-corrected chi connectivity index (χ4v) is 3.72. The molecule has 0 aromatic rings. The number of carbonyl (C=O) groups excluding carboxylic acids is 2. The zero-order valence-corrected chi connectivity index (χ0v) is 18.2. The molecule has 3 atom stereocenters. The highest BCUT2D eigenvalue weighted by molar-refractivity contribution is 5.83. The molecule has 2 aliphatic rings. The maximum atomic E-state index is 12.8. The molecule has 0 saturated carbocycles. The first-order valence-corrected chi connectivity index (χ1v) is 10.7. The van der Waals surface area contributed by atoms with E-state index in [1.165, 1.54) is 0 Å². The first-order valence-electron chi connectivity index (χ1n) is 10.7. The molecule has 3 unspecified atom stereocenters. The van der Waals surface area contributed by atoms with Gasteiger partial charge in [-0.3, -0.25) is 19.4 Å². The minimum absolute atomic E-state index is 0.0124. The monoisotopic (exact) mass is 397 g/mol. The van der Waals surface area contributed by atoms with E-state index in [4.69, 9.17) is 4.74 Å². The first-order chi connectivity index (χ1) is 13.3. The van der Waals surface area contributed by atoms with Crippen molar-refractivity contribution < 1.29 is 14.3 Å². The van der Waals surface area contributed by atoms with Crippen LogP contribution in [0.2, 0.25) is 0 Å². The summed E-state index contributed by atoms with van der Waals surface area (Å²) in [6, 6.07) is -0.503. The molecule has 28 heavy (non-hydrogen) atoms. The van der Waals surface area contributed by atoms with Crippen molar-refractivity contribution in [3.63, 3.8) is 0 Å². The smallest absolute Gasteiger partial charge is 0.240 e. The second-order valence-corrected chi connectivity index (χ2v) is 8.34. The van der Waals surface area contributed by atoms with Crippen LogP contribution in [0.5, 0.6) is 0 Å². The number of morpholine rings is 1. The molecule has 2 fully saturated rings. The topological polar surface area (TPSA) is 77.1 Å². The molecule has 2 N–H and O–H groups in total. The van der Waals surface area contributed by atoms with E-state index >= 15 is 0 Å². The van der Waals surface area contributed by atoms with Gasteiger partial charge in [0, 0.05) is 45.3 Å². The quantitative estimate of drug-likeness (QED) is 0.580. The molecule has 2 rings (SSSR count). The van der Waals surface area contributed by atoms with Gasteiger partial charge in [-0.2, -0.15) is 0 Å². The highest BCUT2D eigenvalue weighted by atomic mass is 16.5. The van der Waals surface area contributed by atoms with E-state index in [-0.39, 0.29) is 35.9 Å². The third kappa shape index (κ3) is 6.40. The Morgan fingerprint density at radius 1 is 1.11 bits per heavy atom. The molecule has 2 aliphatic heterocycles. The minimum Gasteiger partial charge on any atom is -0.378 e. The lowest BCUT2D eigenvalue weighted by molar-refractivity contribution is -0.134. The minimum atomic E-state index is -0.250. The van der Waals surface area contributed by atoms with E-state index < -0.39 is 0 Å². The zero-order valence-electron chi connectivity index (χ0n) is 18.2. The summed E-state index contributed by atoms with van der Waals surface area (Å²) in [5.74, 6) is 0.241. The van der Waals surface area contributed by atoms with Crippen molar-refractivity contribution in [2.75, 3.05) is 66.1 Å².